The predicted octanol–water partition coefficient (Wildman–Crippen LogP) is 0.252. The Hall–Kier alpha value is -0.340. The molecule has 0 bridgehead atoms. The van der Waals surface area contributed by atoms with Crippen LogP contribution in [0.1, 0.15) is 12.8 Å². The van der Waals surface area contributed by atoms with E-state index in [2.05, 4.69) is 11.9 Å². The highest BCUT2D eigenvalue weighted by molar-refractivity contribution is 4.90. The molecule has 0 aromatic rings. The first kappa shape index (κ1) is 6.78. The van der Waals surface area contributed by atoms with Gasteiger partial charge in [0.1, 0.15) is 0 Å². The molecule has 0 radical (unpaired) electrons. The molecule has 3 N–H and O–H groups in total. The van der Waals surface area contributed by atoms with E-state index in [0.29, 0.717) is 12.1 Å². The minimum Gasteiger partial charge on any atom is -0.326 e. The third-order valence-corrected chi connectivity index (χ3v) is 1.82. The summed E-state index contributed by atoms with van der Waals surface area (Å²) in [7, 11) is 0. The Morgan fingerprint density at radius 2 is 2.56 bits per heavy atom. The normalized spacial score (nSPS) is 34.8. The Morgan fingerprint density at radius 3 is 3.00 bits per heavy atom. The molecule has 1 saturated heterocycles. The number of rotatable bonds is 2. The van der Waals surface area contributed by atoms with Crippen molar-refractivity contribution in [1.29, 1.82) is 0 Å². The van der Waals surface area contributed by atoms with Gasteiger partial charge in [0.05, 0.1) is 0 Å². The van der Waals surface area contributed by atoms with E-state index >= 15 is 0 Å². The van der Waals surface area contributed by atoms with Gasteiger partial charge in [-0.3, -0.25) is 0 Å². The van der Waals surface area contributed by atoms with Crippen molar-refractivity contribution in [1.82, 2.24) is 5.32 Å². The molecule has 52 valence electrons. The SMILES string of the molecule is C=CCC1NCCC1N. The fourth-order valence-corrected chi connectivity index (χ4v) is 1.23. The lowest BCUT2D eigenvalue weighted by Gasteiger charge is -2.11. The van der Waals surface area contributed by atoms with Crippen molar-refractivity contribution < 1.29 is 0 Å². The van der Waals surface area contributed by atoms with Crippen LogP contribution in [0, 0.1) is 0 Å². The second kappa shape index (κ2) is 2.99. The van der Waals surface area contributed by atoms with Gasteiger partial charge in [-0.2, -0.15) is 0 Å². The summed E-state index contributed by atoms with van der Waals surface area (Å²) in [4.78, 5) is 0. The zero-order valence-corrected chi connectivity index (χ0v) is 5.64. The van der Waals surface area contributed by atoms with E-state index in [4.69, 9.17) is 5.73 Å². The van der Waals surface area contributed by atoms with E-state index < -0.39 is 0 Å². The van der Waals surface area contributed by atoms with E-state index in [1.54, 1.807) is 0 Å². The summed E-state index contributed by atoms with van der Waals surface area (Å²) in [5.74, 6) is 0. The van der Waals surface area contributed by atoms with Gasteiger partial charge in [-0.05, 0) is 19.4 Å². The Kier molecular flexibility index (Phi) is 2.25. The molecule has 1 heterocycles. The van der Waals surface area contributed by atoms with Crippen LogP contribution in [0.15, 0.2) is 12.7 Å². The molecule has 2 unspecified atom stereocenters. The largest absolute Gasteiger partial charge is 0.326 e. The molecule has 0 saturated carbocycles. The molecule has 0 aromatic carbocycles. The van der Waals surface area contributed by atoms with Gasteiger partial charge >= 0.3 is 0 Å². The molecule has 0 amide bonds. The maximum absolute atomic E-state index is 5.75. The molecular formula is C7H14N2. The fraction of sp³-hybridized carbons (Fsp3) is 0.714. The topological polar surface area (TPSA) is 38.0 Å². The van der Waals surface area contributed by atoms with Crippen LogP contribution in [-0.4, -0.2) is 18.6 Å². The molecule has 0 aromatic heterocycles. The van der Waals surface area contributed by atoms with Crippen LogP contribution in [0.2, 0.25) is 0 Å². The summed E-state index contributed by atoms with van der Waals surface area (Å²) < 4.78 is 0. The van der Waals surface area contributed by atoms with Crippen molar-refractivity contribution in [2.24, 2.45) is 5.73 Å². The Labute approximate surface area is 56.1 Å². The van der Waals surface area contributed by atoms with Crippen LogP contribution in [0.4, 0.5) is 0 Å². The molecule has 2 atom stereocenters. The summed E-state index contributed by atoms with van der Waals surface area (Å²) in [6, 6.07) is 0.838. The molecule has 0 aliphatic carbocycles. The second-order valence-corrected chi connectivity index (χ2v) is 2.54. The van der Waals surface area contributed by atoms with Gasteiger partial charge in [0.15, 0.2) is 0 Å². The average Bonchev–Trinajstić information content (AvgIpc) is 2.18. The van der Waals surface area contributed by atoms with Crippen molar-refractivity contribution in [3.8, 4) is 0 Å². The number of hydrogen-bond donors (Lipinski definition) is 2. The van der Waals surface area contributed by atoms with Gasteiger partial charge in [-0.25, -0.2) is 0 Å². The Bertz CT molecular complexity index is 101. The van der Waals surface area contributed by atoms with Crippen LogP contribution >= 0.6 is 0 Å². The number of nitrogens with two attached hydrogens (primary N) is 1. The molecule has 0 spiro atoms. The van der Waals surface area contributed by atoms with Crippen LogP contribution in [0.3, 0.4) is 0 Å². The van der Waals surface area contributed by atoms with E-state index in [1.807, 2.05) is 6.08 Å². The van der Waals surface area contributed by atoms with Crippen LogP contribution in [0.5, 0.6) is 0 Å². The molecule has 1 aliphatic rings. The maximum Gasteiger partial charge on any atom is 0.0253 e. The van der Waals surface area contributed by atoms with Crippen molar-refractivity contribution in [3.63, 3.8) is 0 Å². The summed E-state index contributed by atoms with van der Waals surface area (Å²) >= 11 is 0. The number of hydrogen-bond acceptors (Lipinski definition) is 2. The molecule has 2 heteroatoms. The fourth-order valence-electron chi connectivity index (χ4n) is 1.23. The van der Waals surface area contributed by atoms with Gasteiger partial charge in [-0.1, -0.05) is 6.08 Å². The highest BCUT2D eigenvalue weighted by Crippen LogP contribution is 2.07. The van der Waals surface area contributed by atoms with Gasteiger partial charge in [-0.15, -0.1) is 6.58 Å². The minimum atomic E-state index is 0.350. The van der Waals surface area contributed by atoms with Gasteiger partial charge in [0.25, 0.3) is 0 Å². The minimum absolute atomic E-state index is 0.350. The Balaban J connectivity index is 2.30. The van der Waals surface area contributed by atoms with Crippen LogP contribution in [0.25, 0.3) is 0 Å². The van der Waals surface area contributed by atoms with E-state index in [0.717, 1.165) is 19.4 Å². The monoisotopic (exact) mass is 126 g/mol. The lowest BCUT2D eigenvalue weighted by Crippen LogP contribution is -2.35. The molecule has 1 rings (SSSR count). The summed E-state index contributed by atoms with van der Waals surface area (Å²) in [6.07, 6.45) is 4.03. The van der Waals surface area contributed by atoms with Crippen LogP contribution in [-0.2, 0) is 0 Å². The van der Waals surface area contributed by atoms with Crippen molar-refractivity contribution in [2.45, 2.75) is 24.9 Å². The van der Waals surface area contributed by atoms with Crippen molar-refractivity contribution in [2.75, 3.05) is 6.54 Å². The number of nitrogens with one attached hydrogen (secondary N) is 1. The first-order valence-corrected chi connectivity index (χ1v) is 3.44. The summed E-state index contributed by atoms with van der Waals surface area (Å²) in [5, 5.41) is 3.31. The van der Waals surface area contributed by atoms with Gasteiger partial charge in [0, 0.05) is 12.1 Å². The molecule has 2 nitrogen and oxygen atoms in total. The smallest absolute Gasteiger partial charge is 0.0253 e. The Morgan fingerprint density at radius 1 is 1.78 bits per heavy atom. The van der Waals surface area contributed by atoms with Gasteiger partial charge < -0.3 is 11.1 Å². The lowest BCUT2D eigenvalue weighted by atomic mass is 10.1. The lowest BCUT2D eigenvalue weighted by molar-refractivity contribution is 0.548. The standard InChI is InChI=1S/C7H14N2/c1-2-3-7-6(8)4-5-9-7/h2,6-7,9H,1,3-5,8H2. The third kappa shape index (κ3) is 1.53. The molecular weight excluding hydrogens is 112 g/mol. The summed E-state index contributed by atoms with van der Waals surface area (Å²) in [6.45, 7) is 4.73. The van der Waals surface area contributed by atoms with Gasteiger partial charge in [0.2, 0.25) is 0 Å². The first-order chi connectivity index (χ1) is 4.34. The summed E-state index contributed by atoms with van der Waals surface area (Å²) in [5.41, 5.74) is 5.75. The van der Waals surface area contributed by atoms with E-state index in [1.165, 1.54) is 0 Å². The van der Waals surface area contributed by atoms with E-state index in [-0.39, 0.29) is 0 Å². The quantitative estimate of drug-likeness (QED) is 0.520. The maximum atomic E-state index is 5.75. The predicted molar refractivity (Wildman–Crippen MR) is 39.2 cm³/mol. The molecule has 1 fully saturated rings. The van der Waals surface area contributed by atoms with Crippen molar-refractivity contribution >= 4 is 0 Å². The third-order valence-electron chi connectivity index (χ3n) is 1.82. The first-order valence-electron chi connectivity index (χ1n) is 3.44. The average molecular weight is 126 g/mol. The molecule has 1 aliphatic heterocycles. The molecule has 9 heavy (non-hydrogen) atoms. The van der Waals surface area contributed by atoms with Crippen LogP contribution < -0.4 is 11.1 Å². The highest BCUT2D eigenvalue weighted by atomic mass is 15.0. The van der Waals surface area contributed by atoms with Crippen molar-refractivity contribution in [3.05, 3.63) is 12.7 Å². The zero-order chi connectivity index (χ0) is 6.69. The van der Waals surface area contributed by atoms with E-state index in [9.17, 15) is 0 Å². The second-order valence-electron chi connectivity index (χ2n) is 2.54. The zero-order valence-electron chi connectivity index (χ0n) is 5.64. The highest BCUT2D eigenvalue weighted by Gasteiger charge is 2.20.